The van der Waals surface area contributed by atoms with Gasteiger partial charge in [0.15, 0.2) is 0 Å². The van der Waals surface area contributed by atoms with Crippen LogP contribution in [0.3, 0.4) is 0 Å². The summed E-state index contributed by atoms with van der Waals surface area (Å²) in [4.78, 5) is 14.1. The Balaban J connectivity index is 2.82. The Morgan fingerprint density at radius 1 is 1.32 bits per heavy atom. The number of nitrogens with zero attached hydrogens (tertiary/aromatic N) is 1. The maximum absolute atomic E-state index is 12.2. The summed E-state index contributed by atoms with van der Waals surface area (Å²) < 4.78 is 0. The molecule has 3 heteroatoms. The number of carbonyl (C=O) groups is 1. The molecule has 0 fully saturated rings. The molecule has 0 aliphatic heterocycles. The van der Waals surface area contributed by atoms with Gasteiger partial charge in [-0.2, -0.15) is 0 Å². The number of hydrogen-bond acceptors (Lipinski definition) is 2. The molecule has 3 nitrogen and oxygen atoms in total. The minimum absolute atomic E-state index is 0.0485. The topological polar surface area (TPSA) is 40.5 Å². The van der Waals surface area contributed by atoms with E-state index >= 15 is 0 Å². The Hall–Kier alpha value is -1.79. The number of benzene rings is 1. The van der Waals surface area contributed by atoms with Gasteiger partial charge in [-0.15, -0.1) is 0 Å². The molecule has 1 N–H and O–H groups in total. The molecule has 0 aliphatic carbocycles. The van der Waals surface area contributed by atoms with E-state index in [1.54, 1.807) is 12.1 Å². The van der Waals surface area contributed by atoms with E-state index in [-0.39, 0.29) is 18.6 Å². The van der Waals surface area contributed by atoms with E-state index in [1.807, 2.05) is 37.8 Å². The van der Waals surface area contributed by atoms with Crippen molar-refractivity contribution in [2.45, 2.75) is 33.2 Å². The zero-order chi connectivity index (χ0) is 14.3. The third-order valence-corrected chi connectivity index (χ3v) is 2.83. The summed E-state index contributed by atoms with van der Waals surface area (Å²) in [6.45, 7) is 6.77. The smallest absolute Gasteiger partial charge is 0.254 e. The lowest BCUT2D eigenvalue weighted by atomic mass is 10.1. The second-order valence-electron chi connectivity index (χ2n) is 4.54. The fourth-order valence-electron chi connectivity index (χ4n) is 1.83. The molecule has 0 unspecified atom stereocenters. The molecule has 0 saturated heterocycles. The normalized spacial score (nSPS) is 9.95. The highest BCUT2D eigenvalue weighted by Gasteiger charge is 2.16. The quantitative estimate of drug-likeness (QED) is 0.843. The van der Waals surface area contributed by atoms with E-state index in [1.165, 1.54) is 0 Å². The van der Waals surface area contributed by atoms with Crippen molar-refractivity contribution in [2.75, 3.05) is 13.2 Å². The van der Waals surface area contributed by atoms with E-state index < -0.39 is 0 Å². The van der Waals surface area contributed by atoms with Gasteiger partial charge in [0, 0.05) is 30.1 Å². The molecular formula is C16H21NO2. The predicted octanol–water partition coefficient (Wildman–Crippen LogP) is 2.29. The molecule has 0 aromatic heterocycles. The second kappa shape index (κ2) is 7.60. The van der Waals surface area contributed by atoms with Crippen LogP contribution in [0.2, 0.25) is 0 Å². The molecule has 0 bridgehead atoms. The summed E-state index contributed by atoms with van der Waals surface area (Å²) in [5.74, 6) is 5.85. The summed E-state index contributed by atoms with van der Waals surface area (Å²) in [5.41, 5.74) is 1.54. The molecule has 19 heavy (non-hydrogen) atoms. The Morgan fingerprint density at radius 2 is 1.95 bits per heavy atom. The van der Waals surface area contributed by atoms with Crippen LogP contribution in [0, 0.1) is 11.8 Å². The molecule has 0 radical (unpaired) electrons. The summed E-state index contributed by atoms with van der Waals surface area (Å²) in [6, 6.07) is 7.48. The molecular weight excluding hydrogens is 238 g/mol. The van der Waals surface area contributed by atoms with Crippen LogP contribution in [0.4, 0.5) is 0 Å². The summed E-state index contributed by atoms with van der Waals surface area (Å²) in [6.07, 6.45) is 0.470. The van der Waals surface area contributed by atoms with Crippen LogP contribution < -0.4 is 0 Å². The molecule has 102 valence electrons. The van der Waals surface area contributed by atoms with Gasteiger partial charge in [0.05, 0.1) is 6.61 Å². The molecule has 0 heterocycles. The first-order chi connectivity index (χ1) is 9.10. The fraction of sp³-hybridized carbons (Fsp3) is 0.438. The summed E-state index contributed by atoms with van der Waals surface area (Å²) in [7, 11) is 0. The largest absolute Gasteiger partial charge is 0.395 e. The maximum atomic E-state index is 12.2. The molecule has 0 saturated carbocycles. The van der Waals surface area contributed by atoms with Gasteiger partial charge in [-0.25, -0.2) is 0 Å². The van der Waals surface area contributed by atoms with Gasteiger partial charge in [0.1, 0.15) is 0 Å². The third kappa shape index (κ3) is 4.42. The second-order valence-corrected chi connectivity index (χ2v) is 4.54. The highest BCUT2D eigenvalue weighted by atomic mass is 16.2. The van der Waals surface area contributed by atoms with Crippen molar-refractivity contribution in [3.8, 4) is 11.8 Å². The van der Waals surface area contributed by atoms with Crippen molar-refractivity contribution in [3.63, 3.8) is 0 Å². The van der Waals surface area contributed by atoms with E-state index in [9.17, 15) is 4.79 Å². The Kier molecular flexibility index (Phi) is 6.11. The molecule has 0 spiro atoms. The van der Waals surface area contributed by atoms with Crippen molar-refractivity contribution in [1.29, 1.82) is 0 Å². The lowest BCUT2D eigenvalue weighted by molar-refractivity contribution is 0.0717. The number of hydrogen-bond donors (Lipinski definition) is 1. The van der Waals surface area contributed by atoms with Crippen LogP contribution in [0.25, 0.3) is 0 Å². The highest BCUT2D eigenvalue weighted by molar-refractivity contribution is 5.94. The monoisotopic (exact) mass is 259 g/mol. The molecule has 0 aliphatic rings. The van der Waals surface area contributed by atoms with Crippen molar-refractivity contribution >= 4 is 5.91 Å². The lowest BCUT2D eigenvalue weighted by Crippen LogP contribution is -2.36. The van der Waals surface area contributed by atoms with Crippen LogP contribution in [-0.4, -0.2) is 35.1 Å². The van der Waals surface area contributed by atoms with Crippen molar-refractivity contribution in [3.05, 3.63) is 35.4 Å². The minimum Gasteiger partial charge on any atom is -0.395 e. The van der Waals surface area contributed by atoms with Crippen LogP contribution >= 0.6 is 0 Å². The molecule has 0 atom stereocenters. The van der Waals surface area contributed by atoms with Gasteiger partial charge in [-0.05, 0) is 45.0 Å². The number of rotatable bonds is 4. The van der Waals surface area contributed by atoms with Gasteiger partial charge in [0.25, 0.3) is 5.91 Å². The Bertz CT molecular complexity index is 466. The van der Waals surface area contributed by atoms with Gasteiger partial charge in [0.2, 0.25) is 0 Å². The predicted molar refractivity (Wildman–Crippen MR) is 76.9 cm³/mol. The van der Waals surface area contributed by atoms with Crippen LogP contribution in [0.5, 0.6) is 0 Å². The average Bonchev–Trinajstić information content (AvgIpc) is 2.40. The first kappa shape index (κ1) is 15.3. The van der Waals surface area contributed by atoms with Crippen LogP contribution in [0.15, 0.2) is 24.3 Å². The van der Waals surface area contributed by atoms with E-state index in [0.717, 1.165) is 5.56 Å². The lowest BCUT2D eigenvalue weighted by Gasteiger charge is -2.25. The molecule has 1 amide bonds. The third-order valence-electron chi connectivity index (χ3n) is 2.83. The van der Waals surface area contributed by atoms with E-state index in [4.69, 9.17) is 5.11 Å². The van der Waals surface area contributed by atoms with Crippen LogP contribution in [0.1, 0.15) is 43.1 Å². The highest BCUT2D eigenvalue weighted by Crippen LogP contribution is 2.09. The summed E-state index contributed by atoms with van der Waals surface area (Å²) in [5, 5.41) is 8.65. The minimum atomic E-state index is 0.0485. The maximum Gasteiger partial charge on any atom is 0.254 e. The SMILES string of the molecule is CCN(C(=O)c1ccc(C#CCCO)cc1)C(C)C. The molecule has 1 aromatic rings. The van der Waals surface area contributed by atoms with Crippen molar-refractivity contribution in [2.24, 2.45) is 0 Å². The summed E-state index contributed by atoms with van der Waals surface area (Å²) >= 11 is 0. The van der Waals surface area contributed by atoms with Gasteiger partial charge in [-0.1, -0.05) is 11.8 Å². The van der Waals surface area contributed by atoms with Crippen LogP contribution in [-0.2, 0) is 0 Å². The first-order valence-corrected chi connectivity index (χ1v) is 6.61. The number of aliphatic hydroxyl groups excluding tert-OH is 1. The number of carbonyl (C=O) groups excluding carboxylic acids is 1. The van der Waals surface area contributed by atoms with Gasteiger partial charge < -0.3 is 10.0 Å². The number of aliphatic hydroxyl groups is 1. The van der Waals surface area contributed by atoms with E-state index in [2.05, 4.69) is 11.8 Å². The van der Waals surface area contributed by atoms with Crippen molar-refractivity contribution in [1.82, 2.24) is 4.90 Å². The first-order valence-electron chi connectivity index (χ1n) is 6.61. The Morgan fingerprint density at radius 3 is 2.42 bits per heavy atom. The average molecular weight is 259 g/mol. The number of amides is 1. The zero-order valence-electron chi connectivity index (χ0n) is 11.8. The molecule has 1 rings (SSSR count). The van der Waals surface area contributed by atoms with Gasteiger partial charge in [-0.3, -0.25) is 4.79 Å². The standard InChI is InChI=1S/C16H21NO2/c1-4-17(13(2)3)16(19)15-10-8-14(9-11-15)7-5-6-12-18/h8-11,13,18H,4,6,12H2,1-3H3. The van der Waals surface area contributed by atoms with Crippen molar-refractivity contribution < 1.29 is 9.90 Å². The zero-order valence-corrected chi connectivity index (χ0v) is 11.8. The Labute approximate surface area is 115 Å². The van der Waals surface area contributed by atoms with Gasteiger partial charge >= 0.3 is 0 Å². The van der Waals surface area contributed by atoms with E-state index in [0.29, 0.717) is 18.5 Å². The fourth-order valence-corrected chi connectivity index (χ4v) is 1.83. The molecule has 1 aromatic carbocycles.